The molecule has 0 N–H and O–H groups in total. The molecule has 2 atom stereocenters. The smallest absolute Gasteiger partial charge is 0.0898 e. The molecule has 1 aliphatic rings. The van der Waals surface area contributed by atoms with Gasteiger partial charge in [0.05, 0.1) is 6.10 Å². The number of hydrogen-bond donors (Lipinski definition) is 0. The molecule has 0 aromatic carbocycles. The molecule has 0 spiro atoms. The van der Waals surface area contributed by atoms with Crippen molar-refractivity contribution in [2.45, 2.75) is 51.2 Å². The molecule has 3 heteroatoms. The van der Waals surface area contributed by atoms with Crippen LogP contribution < -0.4 is 0 Å². The molecule has 0 aliphatic carbocycles. The summed E-state index contributed by atoms with van der Waals surface area (Å²) in [5, 5.41) is 2.07. The fourth-order valence-electron chi connectivity index (χ4n) is 1.84. The standard InChI is InChI=1S/C10H20INO/c1-3-4-5-6-9-7-10(8-11)13-12(9)2/h9-10H,3-8H2,1-2H3/t9-,10+/m0/s1. The van der Waals surface area contributed by atoms with E-state index in [1.807, 2.05) is 0 Å². The summed E-state index contributed by atoms with van der Waals surface area (Å²) in [6, 6.07) is 0.673. The lowest BCUT2D eigenvalue weighted by atomic mass is 10.0. The zero-order valence-electron chi connectivity index (χ0n) is 8.63. The molecule has 1 heterocycles. The number of alkyl halides is 1. The highest BCUT2D eigenvalue weighted by Crippen LogP contribution is 2.24. The lowest BCUT2D eigenvalue weighted by Crippen LogP contribution is -2.23. The van der Waals surface area contributed by atoms with Crippen LogP contribution in [0.1, 0.15) is 39.0 Å². The monoisotopic (exact) mass is 297 g/mol. The van der Waals surface area contributed by atoms with Gasteiger partial charge in [-0.2, -0.15) is 5.06 Å². The van der Waals surface area contributed by atoms with Gasteiger partial charge >= 0.3 is 0 Å². The van der Waals surface area contributed by atoms with Crippen LogP contribution in [0.5, 0.6) is 0 Å². The van der Waals surface area contributed by atoms with Crippen molar-refractivity contribution in [1.82, 2.24) is 5.06 Å². The molecule has 1 rings (SSSR count). The Kier molecular flexibility index (Phi) is 5.58. The minimum absolute atomic E-state index is 0.470. The van der Waals surface area contributed by atoms with Crippen LogP contribution in [-0.4, -0.2) is 28.7 Å². The first-order valence-corrected chi connectivity index (χ1v) is 6.76. The SMILES string of the molecule is CCCCC[C@H]1C[C@H](CI)ON1C. The van der Waals surface area contributed by atoms with Crippen molar-refractivity contribution in [3.8, 4) is 0 Å². The van der Waals surface area contributed by atoms with Crippen molar-refractivity contribution in [2.75, 3.05) is 11.5 Å². The van der Waals surface area contributed by atoms with E-state index >= 15 is 0 Å². The van der Waals surface area contributed by atoms with Gasteiger partial charge in [0.1, 0.15) is 0 Å². The average Bonchev–Trinajstić information content (AvgIpc) is 2.48. The van der Waals surface area contributed by atoms with Gasteiger partial charge in [0.25, 0.3) is 0 Å². The number of rotatable bonds is 5. The van der Waals surface area contributed by atoms with Gasteiger partial charge < -0.3 is 0 Å². The van der Waals surface area contributed by atoms with Crippen molar-refractivity contribution in [2.24, 2.45) is 0 Å². The summed E-state index contributed by atoms with van der Waals surface area (Å²) < 4.78 is 1.12. The van der Waals surface area contributed by atoms with E-state index in [-0.39, 0.29) is 0 Å². The molecule has 0 aromatic heterocycles. The first-order chi connectivity index (χ1) is 6.27. The Balaban J connectivity index is 2.18. The summed E-state index contributed by atoms with van der Waals surface area (Å²) in [4.78, 5) is 5.68. The minimum atomic E-state index is 0.470. The third-order valence-corrected chi connectivity index (χ3v) is 3.66. The number of hydrogen-bond acceptors (Lipinski definition) is 2. The molecule has 1 aliphatic heterocycles. The van der Waals surface area contributed by atoms with Crippen LogP contribution in [0.2, 0.25) is 0 Å². The normalized spacial score (nSPS) is 29.8. The Morgan fingerprint density at radius 2 is 2.23 bits per heavy atom. The van der Waals surface area contributed by atoms with Crippen LogP contribution >= 0.6 is 22.6 Å². The van der Waals surface area contributed by atoms with E-state index < -0.39 is 0 Å². The van der Waals surface area contributed by atoms with Crippen LogP contribution in [-0.2, 0) is 4.84 Å². The predicted octanol–water partition coefficient (Wildman–Crippen LogP) is 3.01. The predicted molar refractivity (Wildman–Crippen MR) is 64.1 cm³/mol. The largest absolute Gasteiger partial charge is 0.295 e. The van der Waals surface area contributed by atoms with Crippen molar-refractivity contribution in [3.05, 3.63) is 0 Å². The van der Waals surface area contributed by atoms with E-state index in [1.165, 1.54) is 32.1 Å². The Bertz CT molecular complexity index is 143. The quantitative estimate of drug-likeness (QED) is 0.439. The molecule has 0 amide bonds. The Morgan fingerprint density at radius 3 is 2.77 bits per heavy atom. The maximum atomic E-state index is 5.68. The van der Waals surface area contributed by atoms with Gasteiger partial charge in [-0.15, -0.1) is 0 Å². The third kappa shape index (κ3) is 3.72. The van der Waals surface area contributed by atoms with Gasteiger partial charge in [-0.05, 0) is 12.8 Å². The van der Waals surface area contributed by atoms with E-state index in [4.69, 9.17) is 4.84 Å². The lowest BCUT2D eigenvalue weighted by Gasteiger charge is -2.16. The van der Waals surface area contributed by atoms with Crippen molar-refractivity contribution in [3.63, 3.8) is 0 Å². The van der Waals surface area contributed by atoms with Crippen molar-refractivity contribution in [1.29, 1.82) is 0 Å². The Hall–Kier alpha value is 0.650. The molecule has 1 saturated heterocycles. The van der Waals surface area contributed by atoms with Crippen LogP contribution in [0.3, 0.4) is 0 Å². The number of unbranched alkanes of at least 4 members (excludes halogenated alkanes) is 2. The summed E-state index contributed by atoms with van der Waals surface area (Å²) in [7, 11) is 2.07. The molecular formula is C10H20INO. The first-order valence-electron chi connectivity index (χ1n) is 5.23. The minimum Gasteiger partial charge on any atom is -0.295 e. The molecule has 0 bridgehead atoms. The van der Waals surface area contributed by atoms with E-state index in [0.717, 1.165) is 4.43 Å². The summed E-state index contributed by atoms with van der Waals surface area (Å²) in [6.07, 6.45) is 7.02. The second kappa shape index (κ2) is 6.19. The number of halogens is 1. The number of nitrogens with zero attached hydrogens (tertiary/aromatic N) is 1. The highest BCUT2D eigenvalue weighted by atomic mass is 127. The second-order valence-corrected chi connectivity index (χ2v) is 4.69. The van der Waals surface area contributed by atoms with Gasteiger partial charge in [-0.3, -0.25) is 4.84 Å². The van der Waals surface area contributed by atoms with Gasteiger partial charge in [0.15, 0.2) is 0 Å². The molecule has 0 aromatic rings. The summed E-state index contributed by atoms with van der Waals surface area (Å²) in [5.74, 6) is 0. The average molecular weight is 297 g/mol. The molecular weight excluding hydrogens is 277 g/mol. The van der Waals surface area contributed by atoms with Crippen LogP contribution in [0.4, 0.5) is 0 Å². The second-order valence-electron chi connectivity index (χ2n) is 3.81. The molecule has 13 heavy (non-hydrogen) atoms. The number of hydroxylamine groups is 2. The zero-order chi connectivity index (χ0) is 9.68. The van der Waals surface area contributed by atoms with Crippen LogP contribution in [0.15, 0.2) is 0 Å². The highest BCUT2D eigenvalue weighted by molar-refractivity contribution is 14.1. The van der Waals surface area contributed by atoms with Crippen molar-refractivity contribution < 1.29 is 4.84 Å². The molecule has 2 nitrogen and oxygen atoms in total. The molecule has 0 radical (unpaired) electrons. The van der Waals surface area contributed by atoms with Crippen LogP contribution in [0, 0.1) is 0 Å². The zero-order valence-corrected chi connectivity index (χ0v) is 10.8. The van der Waals surface area contributed by atoms with Crippen LogP contribution in [0.25, 0.3) is 0 Å². The molecule has 0 unspecified atom stereocenters. The highest BCUT2D eigenvalue weighted by Gasteiger charge is 2.29. The summed E-state index contributed by atoms with van der Waals surface area (Å²) in [5.41, 5.74) is 0. The maximum Gasteiger partial charge on any atom is 0.0898 e. The van der Waals surface area contributed by atoms with Gasteiger partial charge in [0.2, 0.25) is 0 Å². The lowest BCUT2D eigenvalue weighted by molar-refractivity contribution is -0.137. The van der Waals surface area contributed by atoms with Gasteiger partial charge in [-0.1, -0.05) is 48.8 Å². The van der Waals surface area contributed by atoms with E-state index in [9.17, 15) is 0 Å². The first kappa shape index (κ1) is 11.7. The Labute approximate surface area is 95.1 Å². The molecule has 78 valence electrons. The van der Waals surface area contributed by atoms with E-state index in [0.29, 0.717) is 12.1 Å². The maximum absolute atomic E-state index is 5.68. The molecule has 1 fully saturated rings. The van der Waals surface area contributed by atoms with E-state index in [1.54, 1.807) is 0 Å². The Morgan fingerprint density at radius 1 is 1.46 bits per heavy atom. The van der Waals surface area contributed by atoms with E-state index in [2.05, 4.69) is 41.6 Å². The third-order valence-electron chi connectivity index (χ3n) is 2.68. The van der Waals surface area contributed by atoms with Crippen molar-refractivity contribution >= 4 is 22.6 Å². The van der Waals surface area contributed by atoms with Gasteiger partial charge in [0, 0.05) is 17.5 Å². The summed E-state index contributed by atoms with van der Waals surface area (Å²) in [6.45, 7) is 2.25. The fraction of sp³-hybridized carbons (Fsp3) is 1.00. The summed E-state index contributed by atoms with van der Waals surface area (Å²) >= 11 is 2.40. The molecule has 0 saturated carbocycles. The fourth-order valence-corrected chi connectivity index (χ4v) is 2.36. The topological polar surface area (TPSA) is 12.5 Å². The van der Waals surface area contributed by atoms with Gasteiger partial charge in [-0.25, -0.2) is 0 Å².